The molecule has 0 bridgehead atoms. The Labute approximate surface area is 142 Å². The molecule has 1 aromatic rings. The Balaban J connectivity index is 0.000000609. The van der Waals surface area contributed by atoms with E-state index in [1.165, 1.54) is 31.2 Å². The van der Waals surface area contributed by atoms with E-state index in [0.717, 1.165) is 0 Å². The van der Waals surface area contributed by atoms with Crippen molar-refractivity contribution in [3.8, 4) is 5.75 Å². The summed E-state index contributed by atoms with van der Waals surface area (Å²) in [6.07, 6.45) is -1.08. The SMILES string of the molecule is C[C@@H](O)[C@H](N)C(=O)O.O=C(O)[C@H](Cc1ccc(O)cc1)NP(=O)(O)O. The van der Waals surface area contributed by atoms with Crippen molar-refractivity contribution in [2.24, 2.45) is 5.73 Å². The van der Waals surface area contributed by atoms with Crippen molar-refractivity contribution in [2.75, 3.05) is 0 Å². The van der Waals surface area contributed by atoms with Crippen molar-refractivity contribution in [3.05, 3.63) is 29.8 Å². The highest BCUT2D eigenvalue weighted by Gasteiger charge is 2.25. The van der Waals surface area contributed by atoms with Crippen LogP contribution in [0.4, 0.5) is 0 Å². The molecule has 0 spiro atoms. The van der Waals surface area contributed by atoms with E-state index in [1.807, 2.05) is 0 Å². The van der Waals surface area contributed by atoms with Crippen LogP contribution >= 0.6 is 7.75 Å². The molecule has 0 heterocycles. The van der Waals surface area contributed by atoms with E-state index in [-0.39, 0.29) is 12.2 Å². The van der Waals surface area contributed by atoms with Crippen molar-refractivity contribution in [2.45, 2.75) is 31.5 Å². The largest absolute Gasteiger partial charge is 0.508 e. The molecule has 12 heteroatoms. The number of aliphatic hydroxyl groups is 1. The number of aromatic hydroxyl groups is 1. The fourth-order valence-corrected chi connectivity index (χ4v) is 2.07. The lowest BCUT2D eigenvalue weighted by atomic mass is 10.1. The Hall–Kier alpha value is -2.01. The van der Waals surface area contributed by atoms with Gasteiger partial charge in [0.1, 0.15) is 17.8 Å². The number of carboxylic acid groups (broad SMARTS) is 2. The summed E-state index contributed by atoms with van der Waals surface area (Å²) in [5, 5.41) is 36.1. The van der Waals surface area contributed by atoms with Gasteiger partial charge in [0.15, 0.2) is 0 Å². The van der Waals surface area contributed by atoms with Crippen LogP contribution in [0.15, 0.2) is 24.3 Å². The third-order valence-electron chi connectivity index (χ3n) is 2.80. The van der Waals surface area contributed by atoms with Crippen LogP contribution in [-0.2, 0) is 20.6 Å². The Kier molecular flexibility index (Phi) is 9.28. The van der Waals surface area contributed by atoms with Gasteiger partial charge in [0.05, 0.1) is 6.10 Å². The molecule has 1 rings (SSSR count). The second-order valence-electron chi connectivity index (χ2n) is 5.04. The minimum Gasteiger partial charge on any atom is -0.508 e. The van der Waals surface area contributed by atoms with Gasteiger partial charge in [-0.1, -0.05) is 12.1 Å². The van der Waals surface area contributed by atoms with Gasteiger partial charge in [0, 0.05) is 0 Å². The molecule has 0 saturated carbocycles. The minimum atomic E-state index is -4.60. The lowest BCUT2D eigenvalue weighted by Crippen LogP contribution is -2.39. The van der Waals surface area contributed by atoms with Crippen LogP contribution in [0.3, 0.4) is 0 Å². The summed E-state index contributed by atoms with van der Waals surface area (Å²) >= 11 is 0. The van der Waals surface area contributed by atoms with Crippen molar-refractivity contribution in [3.63, 3.8) is 0 Å². The molecule has 0 aromatic heterocycles. The number of rotatable bonds is 7. The summed E-state index contributed by atoms with van der Waals surface area (Å²) < 4.78 is 10.7. The average molecular weight is 380 g/mol. The van der Waals surface area contributed by atoms with Crippen LogP contribution < -0.4 is 10.8 Å². The fourth-order valence-electron chi connectivity index (χ4n) is 1.47. The van der Waals surface area contributed by atoms with Crippen molar-refractivity contribution in [1.82, 2.24) is 5.09 Å². The van der Waals surface area contributed by atoms with E-state index in [4.69, 9.17) is 35.9 Å². The number of benzene rings is 1. The van der Waals surface area contributed by atoms with Crippen LogP contribution in [0.5, 0.6) is 5.75 Å². The predicted molar refractivity (Wildman–Crippen MR) is 85.7 cm³/mol. The highest BCUT2D eigenvalue weighted by Crippen LogP contribution is 2.29. The van der Waals surface area contributed by atoms with E-state index < -0.39 is 37.9 Å². The normalized spacial score (nSPS) is 14.6. The molecule has 9 N–H and O–H groups in total. The summed E-state index contributed by atoms with van der Waals surface area (Å²) in [4.78, 5) is 38.0. The van der Waals surface area contributed by atoms with Crippen molar-refractivity contribution in [1.29, 1.82) is 0 Å². The second-order valence-corrected chi connectivity index (χ2v) is 6.39. The third kappa shape index (κ3) is 10.5. The van der Waals surface area contributed by atoms with Crippen molar-refractivity contribution >= 4 is 19.7 Å². The van der Waals surface area contributed by atoms with Gasteiger partial charge < -0.3 is 35.9 Å². The number of phenolic OH excluding ortho intramolecular Hbond substituents is 1. The van der Waals surface area contributed by atoms with E-state index in [2.05, 4.69) is 0 Å². The lowest BCUT2D eigenvalue weighted by Gasteiger charge is -2.15. The number of aliphatic carboxylic acids is 2. The van der Waals surface area contributed by atoms with Crippen molar-refractivity contribution < 1.29 is 44.4 Å². The fraction of sp³-hybridized carbons (Fsp3) is 0.385. The first kappa shape index (κ1) is 23.0. The van der Waals surface area contributed by atoms with Gasteiger partial charge in [-0.25, -0.2) is 9.65 Å². The van der Waals surface area contributed by atoms with Crippen LogP contribution in [0.1, 0.15) is 12.5 Å². The van der Waals surface area contributed by atoms with Gasteiger partial charge >= 0.3 is 19.7 Å². The van der Waals surface area contributed by atoms with Gasteiger partial charge in [0.2, 0.25) is 0 Å². The first-order valence-electron chi connectivity index (χ1n) is 6.84. The number of nitrogens with one attached hydrogen (secondary N) is 1. The molecule has 0 fully saturated rings. The monoisotopic (exact) mass is 380 g/mol. The Morgan fingerprint density at radius 2 is 1.64 bits per heavy atom. The molecular weight excluding hydrogens is 359 g/mol. The third-order valence-corrected chi connectivity index (χ3v) is 3.45. The lowest BCUT2D eigenvalue weighted by molar-refractivity contribution is -0.141. The van der Waals surface area contributed by atoms with Crippen LogP contribution in [0, 0.1) is 0 Å². The Bertz CT molecular complexity index is 614. The van der Waals surface area contributed by atoms with Crippen LogP contribution in [0.2, 0.25) is 0 Å². The predicted octanol–water partition coefficient (Wildman–Crippen LogP) is -1.15. The maximum absolute atomic E-state index is 10.8. The second kappa shape index (κ2) is 10.1. The number of phenols is 1. The number of hydrogen-bond donors (Lipinski definition) is 8. The number of nitrogens with two attached hydrogens (primary N) is 1. The highest BCUT2D eigenvalue weighted by molar-refractivity contribution is 7.49. The van der Waals surface area contributed by atoms with E-state index in [1.54, 1.807) is 5.09 Å². The molecule has 0 aliphatic rings. The zero-order valence-electron chi connectivity index (χ0n) is 13.2. The molecule has 3 atom stereocenters. The maximum Gasteiger partial charge on any atom is 0.401 e. The number of aliphatic hydroxyl groups excluding tert-OH is 1. The standard InChI is InChI=1S/C9H12NO6P.C4H9NO3/c11-7-3-1-6(2-4-7)5-8(9(12)13)10-17(14,15)16;1-2(6)3(5)4(7)8/h1-4,8,11H,5H2,(H,12,13)(H3,10,14,15,16);2-3,6H,5H2,1H3,(H,7,8)/t8-;2-,3+/m01/s1. The summed E-state index contributed by atoms with van der Waals surface area (Å²) in [7, 11) is -4.60. The molecular formula is C13H21N2O9P. The minimum absolute atomic E-state index is 0.0311. The first-order valence-corrected chi connectivity index (χ1v) is 8.45. The average Bonchev–Trinajstić information content (AvgIpc) is 2.47. The smallest absolute Gasteiger partial charge is 0.401 e. The van der Waals surface area contributed by atoms with Gasteiger partial charge in [-0.15, -0.1) is 0 Å². The maximum atomic E-state index is 10.8. The summed E-state index contributed by atoms with van der Waals surface area (Å²) in [6.45, 7) is 1.33. The molecule has 0 saturated heterocycles. The quantitative estimate of drug-likeness (QED) is 0.265. The topological polar surface area (TPSA) is 211 Å². The zero-order chi connectivity index (χ0) is 19.8. The van der Waals surface area contributed by atoms with Gasteiger partial charge in [0.25, 0.3) is 0 Å². The Morgan fingerprint density at radius 3 is 1.92 bits per heavy atom. The summed E-state index contributed by atoms with van der Waals surface area (Å²) in [6, 6.07) is 3.15. The molecule has 0 aliphatic carbocycles. The summed E-state index contributed by atoms with van der Waals surface area (Å²) in [5.41, 5.74) is 5.45. The number of hydrogen-bond acceptors (Lipinski definition) is 6. The Morgan fingerprint density at radius 1 is 1.16 bits per heavy atom. The van der Waals surface area contributed by atoms with Gasteiger partial charge in [-0.3, -0.25) is 9.59 Å². The first-order chi connectivity index (χ1) is 11.3. The van der Waals surface area contributed by atoms with E-state index in [0.29, 0.717) is 5.56 Å². The molecule has 1 aromatic carbocycles. The number of carboxylic acids is 2. The molecule has 25 heavy (non-hydrogen) atoms. The highest BCUT2D eigenvalue weighted by atomic mass is 31.2. The van der Waals surface area contributed by atoms with Gasteiger partial charge in [-0.2, -0.15) is 0 Å². The number of carbonyl (C=O) groups is 2. The molecule has 0 amide bonds. The molecule has 0 radical (unpaired) electrons. The van der Waals surface area contributed by atoms with E-state index in [9.17, 15) is 14.2 Å². The van der Waals surface area contributed by atoms with Crippen LogP contribution in [-0.4, -0.2) is 60.3 Å². The molecule has 11 nitrogen and oxygen atoms in total. The molecule has 0 aliphatic heterocycles. The summed E-state index contributed by atoms with van der Waals surface area (Å²) in [5.74, 6) is -2.51. The van der Waals surface area contributed by atoms with E-state index >= 15 is 0 Å². The van der Waals surface area contributed by atoms with Gasteiger partial charge in [-0.05, 0) is 31.0 Å². The molecule has 0 unspecified atom stereocenters. The zero-order valence-corrected chi connectivity index (χ0v) is 14.1. The van der Waals surface area contributed by atoms with Crippen LogP contribution in [0.25, 0.3) is 0 Å². The molecule has 142 valence electrons.